The van der Waals surface area contributed by atoms with Gasteiger partial charge in [-0.05, 0) is 57.4 Å². The molecular weight excluding hydrogens is 309 g/mol. The molecule has 2 atom stereocenters. The number of nitrogens with zero attached hydrogens (tertiary/aromatic N) is 1. The highest BCUT2D eigenvalue weighted by atomic mass is 19.4. The molecule has 1 heterocycles. The molecule has 4 nitrogen and oxygen atoms in total. The first kappa shape index (κ1) is 17.3. The van der Waals surface area contributed by atoms with E-state index < -0.39 is 23.6 Å². The average molecular weight is 328 g/mol. The summed E-state index contributed by atoms with van der Waals surface area (Å²) < 4.78 is 37.5. The third kappa shape index (κ3) is 4.03. The van der Waals surface area contributed by atoms with E-state index in [1.54, 1.807) is 4.90 Å². The lowest BCUT2D eigenvalue weighted by Gasteiger charge is -2.38. The molecular formula is C16H19F3N2O2. The monoisotopic (exact) mass is 328 g/mol. The lowest BCUT2D eigenvalue weighted by molar-refractivity contribution is -0.147. The van der Waals surface area contributed by atoms with Crippen LogP contribution < -0.4 is 5.32 Å². The van der Waals surface area contributed by atoms with Gasteiger partial charge in [0.25, 0.3) is 0 Å². The molecule has 1 saturated heterocycles. The molecule has 0 bridgehead atoms. The third-order valence-electron chi connectivity index (χ3n) is 4.09. The number of benzene rings is 1. The predicted octanol–water partition coefficient (Wildman–Crippen LogP) is 3.43. The van der Waals surface area contributed by atoms with Crippen LogP contribution in [-0.4, -0.2) is 28.8 Å². The van der Waals surface area contributed by atoms with E-state index in [4.69, 9.17) is 0 Å². The van der Waals surface area contributed by atoms with E-state index in [0.29, 0.717) is 0 Å². The molecule has 0 spiro atoms. The summed E-state index contributed by atoms with van der Waals surface area (Å²) in [6.07, 6.45) is -1.75. The molecule has 1 aromatic carbocycles. The van der Waals surface area contributed by atoms with Gasteiger partial charge in [-0.3, -0.25) is 9.59 Å². The van der Waals surface area contributed by atoms with Crippen LogP contribution in [0.1, 0.15) is 38.7 Å². The van der Waals surface area contributed by atoms with Crippen molar-refractivity contribution in [2.75, 3.05) is 5.32 Å². The maximum absolute atomic E-state index is 12.5. The Bertz CT molecular complexity index is 574. The maximum Gasteiger partial charge on any atom is 0.416 e. The van der Waals surface area contributed by atoms with Gasteiger partial charge in [-0.2, -0.15) is 13.2 Å². The smallest absolute Gasteiger partial charge is 0.329 e. The minimum absolute atomic E-state index is 0.0235. The van der Waals surface area contributed by atoms with Crippen molar-refractivity contribution in [2.45, 2.75) is 51.4 Å². The largest absolute Gasteiger partial charge is 0.416 e. The van der Waals surface area contributed by atoms with Gasteiger partial charge in [-0.25, -0.2) is 0 Å². The highest BCUT2D eigenvalue weighted by Gasteiger charge is 2.33. The zero-order valence-corrected chi connectivity index (χ0v) is 13.0. The number of hydrogen-bond acceptors (Lipinski definition) is 2. The molecule has 0 aromatic heterocycles. The summed E-state index contributed by atoms with van der Waals surface area (Å²) in [5.41, 5.74) is -0.645. The number of anilines is 1. The molecule has 2 unspecified atom stereocenters. The second-order valence-corrected chi connectivity index (χ2v) is 5.87. The topological polar surface area (TPSA) is 49.4 Å². The Labute approximate surface area is 132 Å². The van der Waals surface area contributed by atoms with Gasteiger partial charge >= 0.3 is 18.0 Å². The Morgan fingerprint density at radius 1 is 1.09 bits per heavy atom. The van der Waals surface area contributed by atoms with Gasteiger partial charge in [-0.1, -0.05) is 0 Å². The minimum atomic E-state index is -4.43. The number of nitrogens with one attached hydrogen (secondary N) is 1. The predicted molar refractivity (Wildman–Crippen MR) is 79.7 cm³/mol. The van der Waals surface area contributed by atoms with E-state index in [-0.39, 0.29) is 17.8 Å². The fourth-order valence-corrected chi connectivity index (χ4v) is 2.87. The molecule has 126 valence electrons. The second kappa shape index (κ2) is 6.60. The molecule has 0 aliphatic carbocycles. The number of piperidine rings is 1. The van der Waals surface area contributed by atoms with Gasteiger partial charge in [0, 0.05) is 17.8 Å². The Morgan fingerprint density at radius 3 is 2.09 bits per heavy atom. The van der Waals surface area contributed by atoms with Crippen molar-refractivity contribution >= 4 is 17.5 Å². The van der Waals surface area contributed by atoms with Gasteiger partial charge in [0.2, 0.25) is 0 Å². The first-order chi connectivity index (χ1) is 10.7. The van der Waals surface area contributed by atoms with Crippen molar-refractivity contribution in [3.63, 3.8) is 0 Å². The molecule has 1 aromatic rings. The second-order valence-electron chi connectivity index (χ2n) is 5.87. The number of alkyl halides is 3. The van der Waals surface area contributed by atoms with Crippen molar-refractivity contribution in [3.8, 4) is 0 Å². The van der Waals surface area contributed by atoms with Crippen LogP contribution in [0.2, 0.25) is 0 Å². The van der Waals surface area contributed by atoms with Crippen LogP contribution >= 0.6 is 0 Å². The summed E-state index contributed by atoms with van der Waals surface area (Å²) in [4.78, 5) is 25.9. The van der Waals surface area contributed by atoms with Gasteiger partial charge in [0.05, 0.1) is 5.56 Å². The fraction of sp³-hybridized carbons (Fsp3) is 0.500. The van der Waals surface area contributed by atoms with Gasteiger partial charge in [0.1, 0.15) is 0 Å². The number of amides is 2. The van der Waals surface area contributed by atoms with E-state index >= 15 is 0 Å². The summed E-state index contributed by atoms with van der Waals surface area (Å²) in [5.74, 6) is -1.48. The SMILES string of the molecule is CC1CCCC(C)N1C(=O)C(=O)Nc1ccc(C(F)(F)F)cc1. The van der Waals surface area contributed by atoms with Gasteiger partial charge in [0.15, 0.2) is 0 Å². The third-order valence-corrected chi connectivity index (χ3v) is 4.09. The number of rotatable bonds is 1. The molecule has 1 aliphatic heterocycles. The molecule has 1 aliphatic rings. The minimum Gasteiger partial charge on any atom is -0.329 e. The van der Waals surface area contributed by atoms with Crippen molar-refractivity contribution in [1.29, 1.82) is 0 Å². The molecule has 7 heteroatoms. The molecule has 23 heavy (non-hydrogen) atoms. The summed E-state index contributed by atoms with van der Waals surface area (Å²) in [5, 5.41) is 2.36. The number of halogens is 3. The molecule has 2 amide bonds. The van der Waals surface area contributed by atoms with E-state index in [0.717, 1.165) is 43.5 Å². The van der Waals surface area contributed by atoms with Gasteiger partial charge < -0.3 is 10.2 Å². The first-order valence-electron chi connectivity index (χ1n) is 7.51. The number of carbonyl (C=O) groups excluding carboxylic acids is 2. The van der Waals surface area contributed by atoms with E-state index in [9.17, 15) is 22.8 Å². The summed E-state index contributed by atoms with van der Waals surface area (Å²) in [6.45, 7) is 3.78. The van der Waals surface area contributed by atoms with Crippen molar-refractivity contribution < 1.29 is 22.8 Å². The number of likely N-dealkylation sites (tertiary alicyclic amines) is 1. The Morgan fingerprint density at radius 2 is 1.61 bits per heavy atom. The van der Waals surface area contributed by atoms with Crippen LogP contribution in [0.3, 0.4) is 0 Å². The highest BCUT2D eigenvalue weighted by Crippen LogP contribution is 2.30. The standard InChI is InChI=1S/C16H19F3N2O2/c1-10-4-3-5-11(2)21(10)15(23)14(22)20-13-8-6-12(7-9-13)16(17,18)19/h6-11H,3-5H2,1-2H3,(H,20,22). The number of hydrogen-bond donors (Lipinski definition) is 1. The summed E-state index contributed by atoms with van der Waals surface area (Å²) in [6, 6.07) is 3.96. The highest BCUT2D eigenvalue weighted by molar-refractivity contribution is 6.39. The average Bonchev–Trinajstić information content (AvgIpc) is 2.46. The van der Waals surface area contributed by atoms with Crippen molar-refractivity contribution in [2.24, 2.45) is 0 Å². The molecule has 0 radical (unpaired) electrons. The quantitative estimate of drug-likeness (QED) is 0.803. The molecule has 1 N–H and O–H groups in total. The van der Waals surface area contributed by atoms with E-state index in [1.807, 2.05) is 13.8 Å². The lowest BCUT2D eigenvalue weighted by Crippen LogP contribution is -2.51. The van der Waals surface area contributed by atoms with Crippen molar-refractivity contribution in [3.05, 3.63) is 29.8 Å². The maximum atomic E-state index is 12.5. The van der Waals surface area contributed by atoms with Crippen LogP contribution in [0.4, 0.5) is 18.9 Å². The lowest BCUT2D eigenvalue weighted by atomic mass is 9.97. The molecule has 2 rings (SSSR count). The zero-order valence-electron chi connectivity index (χ0n) is 13.0. The zero-order chi connectivity index (χ0) is 17.2. The Hall–Kier alpha value is -2.05. The van der Waals surface area contributed by atoms with E-state index in [2.05, 4.69) is 5.32 Å². The normalized spacial score (nSPS) is 21.9. The summed E-state index contributed by atoms with van der Waals surface area (Å²) >= 11 is 0. The van der Waals surface area contributed by atoms with Crippen LogP contribution in [0.5, 0.6) is 0 Å². The van der Waals surface area contributed by atoms with E-state index in [1.165, 1.54) is 0 Å². The Balaban J connectivity index is 2.05. The number of carbonyl (C=O) groups is 2. The molecule has 0 saturated carbocycles. The van der Waals surface area contributed by atoms with Crippen LogP contribution in [0, 0.1) is 0 Å². The van der Waals surface area contributed by atoms with Crippen molar-refractivity contribution in [1.82, 2.24) is 4.90 Å². The van der Waals surface area contributed by atoms with Crippen LogP contribution in [0.25, 0.3) is 0 Å². The summed E-state index contributed by atoms with van der Waals surface area (Å²) in [7, 11) is 0. The molecule has 1 fully saturated rings. The fourth-order valence-electron chi connectivity index (χ4n) is 2.87. The van der Waals surface area contributed by atoms with Crippen LogP contribution in [0.15, 0.2) is 24.3 Å². The van der Waals surface area contributed by atoms with Crippen LogP contribution in [-0.2, 0) is 15.8 Å². The van der Waals surface area contributed by atoms with Gasteiger partial charge in [-0.15, -0.1) is 0 Å². The Kier molecular flexibility index (Phi) is 4.97. The first-order valence-corrected chi connectivity index (χ1v) is 7.51.